The third-order valence-electron chi connectivity index (χ3n) is 1.87. The fourth-order valence-corrected chi connectivity index (χ4v) is 0.617. The predicted molar refractivity (Wildman–Crippen MR) is 41.4 cm³/mol. The summed E-state index contributed by atoms with van der Waals surface area (Å²) in [5, 5.41) is 3.11. The van der Waals surface area contributed by atoms with E-state index in [4.69, 9.17) is 5.73 Å². The maximum atomic E-state index is 5.72. The van der Waals surface area contributed by atoms with Crippen molar-refractivity contribution in [3.63, 3.8) is 0 Å². The van der Waals surface area contributed by atoms with Gasteiger partial charge in [0.25, 0.3) is 0 Å². The first kappa shape index (κ1) is 8.92. The normalized spacial score (nSPS) is 15.7. The first-order chi connectivity index (χ1) is 4.00. The van der Waals surface area contributed by atoms with Crippen LogP contribution in [0.25, 0.3) is 0 Å². The summed E-state index contributed by atoms with van der Waals surface area (Å²) in [6, 6.07) is 0.255. The number of nitrogens with two attached hydrogens (primary N) is 1. The van der Waals surface area contributed by atoms with E-state index in [1.165, 1.54) is 0 Å². The van der Waals surface area contributed by atoms with Crippen molar-refractivity contribution in [1.29, 1.82) is 0 Å². The Kier molecular flexibility index (Phi) is 3.15. The van der Waals surface area contributed by atoms with E-state index >= 15 is 0 Å². The molecule has 0 spiro atoms. The van der Waals surface area contributed by atoms with Gasteiger partial charge in [0.05, 0.1) is 0 Å². The molecular weight excluding hydrogens is 112 g/mol. The molecule has 0 aromatic heterocycles. The van der Waals surface area contributed by atoms with E-state index in [0.29, 0.717) is 0 Å². The van der Waals surface area contributed by atoms with Crippen molar-refractivity contribution in [2.45, 2.75) is 26.8 Å². The summed E-state index contributed by atoms with van der Waals surface area (Å²) in [4.78, 5) is 0. The van der Waals surface area contributed by atoms with Gasteiger partial charge >= 0.3 is 0 Å². The standard InChI is InChI=1S/C7H18N2/c1-6(8)7(2,3)5-9-4/h6,9H,5,8H2,1-4H3. The van der Waals surface area contributed by atoms with Crippen LogP contribution >= 0.6 is 0 Å². The Morgan fingerprint density at radius 3 is 2.11 bits per heavy atom. The summed E-state index contributed by atoms with van der Waals surface area (Å²) >= 11 is 0. The molecule has 2 heteroatoms. The van der Waals surface area contributed by atoms with E-state index in [9.17, 15) is 0 Å². The van der Waals surface area contributed by atoms with Crippen LogP contribution in [0.15, 0.2) is 0 Å². The zero-order valence-corrected chi connectivity index (χ0v) is 6.86. The summed E-state index contributed by atoms with van der Waals surface area (Å²) in [6.45, 7) is 7.34. The molecule has 0 aliphatic heterocycles. The van der Waals surface area contributed by atoms with Crippen LogP contribution in [0.2, 0.25) is 0 Å². The van der Waals surface area contributed by atoms with Crippen LogP contribution in [-0.2, 0) is 0 Å². The summed E-state index contributed by atoms with van der Waals surface area (Å²) in [5.74, 6) is 0. The first-order valence-electron chi connectivity index (χ1n) is 3.41. The van der Waals surface area contributed by atoms with Crippen molar-refractivity contribution in [2.75, 3.05) is 13.6 Å². The lowest BCUT2D eigenvalue weighted by Gasteiger charge is -2.28. The maximum Gasteiger partial charge on any atom is 0.00738 e. The molecule has 2 nitrogen and oxygen atoms in total. The van der Waals surface area contributed by atoms with Crippen LogP contribution in [0.4, 0.5) is 0 Å². The van der Waals surface area contributed by atoms with E-state index in [-0.39, 0.29) is 11.5 Å². The Morgan fingerprint density at radius 1 is 1.56 bits per heavy atom. The second-order valence-corrected chi connectivity index (χ2v) is 3.31. The van der Waals surface area contributed by atoms with Crippen molar-refractivity contribution in [2.24, 2.45) is 11.1 Å². The van der Waals surface area contributed by atoms with Gasteiger partial charge in [-0.25, -0.2) is 0 Å². The monoisotopic (exact) mass is 130 g/mol. The molecule has 0 aromatic rings. The van der Waals surface area contributed by atoms with Gasteiger partial charge in [0.2, 0.25) is 0 Å². The lowest BCUT2D eigenvalue weighted by Crippen LogP contribution is -2.41. The Bertz CT molecular complexity index is 77.0. The van der Waals surface area contributed by atoms with Gasteiger partial charge in [-0.3, -0.25) is 0 Å². The van der Waals surface area contributed by atoms with Crippen LogP contribution < -0.4 is 11.1 Å². The van der Waals surface area contributed by atoms with Crippen molar-refractivity contribution in [3.8, 4) is 0 Å². The number of hydrogen-bond acceptors (Lipinski definition) is 2. The SMILES string of the molecule is CNCC(C)(C)C(C)N. The molecule has 0 rings (SSSR count). The summed E-state index contributed by atoms with van der Waals surface area (Å²) in [6.07, 6.45) is 0. The molecule has 0 fully saturated rings. The largest absolute Gasteiger partial charge is 0.327 e. The van der Waals surface area contributed by atoms with Crippen molar-refractivity contribution in [3.05, 3.63) is 0 Å². The van der Waals surface area contributed by atoms with Gasteiger partial charge in [-0.05, 0) is 19.4 Å². The molecule has 1 atom stereocenters. The van der Waals surface area contributed by atoms with Crippen LogP contribution in [0.5, 0.6) is 0 Å². The van der Waals surface area contributed by atoms with Gasteiger partial charge in [0, 0.05) is 12.6 Å². The van der Waals surface area contributed by atoms with Gasteiger partial charge < -0.3 is 11.1 Å². The minimum Gasteiger partial charge on any atom is -0.327 e. The molecular formula is C7H18N2. The molecule has 0 saturated carbocycles. The molecule has 0 bridgehead atoms. The highest BCUT2D eigenvalue weighted by Crippen LogP contribution is 2.16. The third-order valence-corrected chi connectivity index (χ3v) is 1.87. The Hall–Kier alpha value is -0.0800. The van der Waals surface area contributed by atoms with Gasteiger partial charge in [0.15, 0.2) is 0 Å². The van der Waals surface area contributed by atoms with E-state index in [0.717, 1.165) is 6.54 Å². The second-order valence-electron chi connectivity index (χ2n) is 3.31. The highest BCUT2D eigenvalue weighted by Gasteiger charge is 2.20. The topological polar surface area (TPSA) is 38.0 Å². The number of rotatable bonds is 3. The smallest absolute Gasteiger partial charge is 0.00738 e. The Morgan fingerprint density at radius 2 is 2.00 bits per heavy atom. The zero-order chi connectivity index (χ0) is 7.49. The molecule has 56 valence electrons. The number of nitrogens with one attached hydrogen (secondary N) is 1. The molecule has 0 radical (unpaired) electrons. The fraction of sp³-hybridized carbons (Fsp3) is 1.00. The summed E-state index contributed by atoms with van der Waals surface area (Å²) in [5.41, 5.74) is 5.93. The minimum atomic E-state index is 0.217. The minimum absolute atomic E-state index is 0.217. The average molecular weight is 130 g/mol. The van der Waals surface area contributed by atoms with Gasteiger partial charge in [0.1, 0.15) is 0 Å². The van der Waals surface area contributed by atoms with E-state index in [2.05, 4.69) is 19.2 Å². The third kappa shape index (κ3) is 2.82. The van der Waals surface area contributed by atoms with Crippen molar-refractivity contribution < 1.29 is 0 Å². The van der Waals surface area contributed by atoms with Crippen LogP contribution in [0.1, 0.15) is 20.8 Å². The lowest BCUT2D eigenvalue weighted by atomic mass is 9.86. The maximum absolute atomic E-state index is 5.72. The molecule has 0 aliphatic carbocycles. The predicted octanol–water partition coefficient (Wildman–Crippen LogP) is 0.579. The highest BCUT2D eigenvalue weighted by atomic mass is 14.8. The molecule has 0 heterocycles. The van der Waals surface area contributed by atoms with Gasteiger partial charge in [-0.15, -0.1) is 0 Å². The van der Waals surface area contributed by atoms with Gasteiger partial charge in [-0.2, -0.15) is 0 Å². The molecule has 9 heavy (non-hydrogen) atoms. The van der Waals surface area contributed by atoms with Crippen molar-refractivity contribution >= 4 is 0 Å². The highest BCUT2D eigenvalue weighted by molar-refractivity contribution is 4.78. The summed E-state index contributed by atoms with van der Waals surface area (Å²) in [7, 11) is 1.95. The number of hydrogen-bond donors (Lipinski definition) is 2. The molecule has 0 aliphatic rings. The average Bonchev–Trinajstić information content (AvgIpc) is 1.65. The molecule has 0 amide bonds. The molecule has 0 saturated heterocycles. The fourth-order valence-electron chi connectivity index (χ4n) is 0.617. The Balaban J connectivity index is 3.70. The van der Waals surface area contributed by atoms with Gasteiger partial charge in [-0.1, -0.05) is 13.8 Å². The molecule has 1 unspecified atom stereocenters. The second kappa shape index (κ2) is 3.18. The summed E-state index contributed by atoms with van der Waals surface area (Å²) < 4.78 is 0. The van der Waals surface area contributed by atoms with Crippen LogP contribution in [0, 0.1) is 5.41 Å². The lowest BCUT2D eigenvalue weighted by molar-refractivity contribution is 0.293. The molecule has 0 aromatic carbocycles. The van der Waals surface area contributed by atoms with Crippen LogP contribution in [0.3, 0.4) is 0 Å². The van der Waals surface area contributed by atoms with E-state index in [1.807, 2.05) is 14.0 Å². The Labute approximate surface area is 57.8 Å². The first-order valence-corrected chi connectivity index (χ1v) is 3.41. The van der Waals surface area contributed by atoms with E-state index < -0.39 is 0 Å². The van der Waals surface area contributed by atoms with Crippen molar-refractivity contribution in [1.82, 2.24) is 5.32 Å². The quantitative estimate of drug-likeness (QED) is 0.586. The zero-order valence-electron chi connectivity index (χ0n) is 6.86. The van der Waals surface area contributed by atoms with E-state index in [1.54, 1.807) is 0 Å². The van der Waals surface area contributed by atoms with Crippen LogP contribution in [-0.4, -0.2) is 19.6 Å². The molecule has 3 N–H and O–H groups in total.